The van der Waals surface area contributed by atoms with E-state index < -0.39 is 10.0 Å². The van der Waals surface area contributed by atoms with E-state index in [1.54, 1.807) is 19.1 Å². The molecule has 1 aliphatic rings. The van der Waals surface area contributed by atoms with Crippen molar-refractivity contribution in [2.24, 2.45) is 5.92 Å². The number of benzene rings is 2. The van der Waals surface area contributed by atoms with Gasteiger partial charge in [0.25, 0.3) is 10.0 Å². The van der Waals surface area contributed by atoms with E-state index >= 15 is 0 Å². The summed E-state index contributed by atoms with van der Waals surface area (Å²) < 4.78 is 33.8. The van der Waals surface area contributed by atoms with Crippen molar-refractivity contribution in [3.63, 3.8) is 0 Å². The van der Waals surface area contributed by atoms with Gasteiger partial charge in [-0.05, 0) is 62.8 Å². The summed E-state index contributed by atoms with van der Waals surface area (Å²) in [7, 11) is -3.74. The molecule has 0 radical (unpaired) electrons. The minimum Gasteiger partial charge on any atom is -0.466 e. The predicted octanol–water partition coefficient (Wildman–Crippen LogP) is 4.24. The van der Waals surface area contributed by atoms with Gasteiger partial charge in [0.1, 0.15) is 0 Å². The lowest BCUT2D eigenvalue weighted by atomic mass is 9.85. The normalized spacial score (nSPS) is 16.6. The van der Waals surface area contributed by atoms with Crippen molar-refractivity contribution in [3.8, 4) is 0 Å². The van der Waals surface area contributed by atoms with Gasteiger partial charge in [-0.15, -0.1) is 0 Å². The fourth-order valence-corrected chi connectivity index (χ4v) is 5.84. The molecule has 0 fully saturated rings. The molecule has 0 N–H and O–H groups in total. The Morgan fingerprint density at radius 3 is 2.59 bits per heavy atom. The summed E-state index contributed by atoms with van der Waals surface area (Å²) in [6, 6.07) is 14.6. The molecule has 0 saturated heterocycles. The highest BCUT2D eigenvalue weighted by atomic mass is 32.2. The van der Waals surface area contributed by atoms with Gasteiger partial charge in [0.15, 0.2) is 0 Å². The number of esters is 1. The van der Waals surface area contributed by atoms with E-state index in [1.165, 1.54) is 3.97 Å². The molecule has 1 heterocycles. The Morgan fingerprint density at radius 2 is 1.86 bits per heavy atom. The van der Waals surface area contributed by atoms with E-state index in [4.69, 9.17) is 4.74 Å². The monoisotopic (exact) mass is 411 g/mol. The summed E-state index contributed by atoms with van der Waals surface area (Å²) in [6.07, 6.45) is 2.48. The number of rotatable bonds is 5. The summed E-state index contributed by atoms with van der Waals surface area (Å²) in [5.74, 6) is -0.136. The number of ether oxygens (including phenoxy) is 1. The van der Waals surface area contributed by atoms with Gasteiger partial charge in [-0.1, -0.05) is 35.9 Å². The van der Waals surface area contributed by atoms with Crippen molar-refractivity contribution < 1.29 is 17.9 Å². The summed E-state index contributed by atoms with van der Waals surface area (Å²) in [5, 5.41) is 0.979. The van der Waals surface area contributed by atoms with Gasteiger partial charge >= 0.3 is 5.97 Å². The van der Waals surface area contributed by atoms with Crippen LogP contribution in [0.2, 0.25) is 0 Å². The third kappa shape index (κ3) is 3.57. The second kappa shape index (κ2) is 7.67. The Labute approximate surface area is 171 Å². The molecular weight excluding hydrogens is 386 g/mol. The lowest BCUT2D eigenvalue weighted by Gasteiger charge is -2.23. The topological polar surface area (TPSA) is 65.4 Å². The lowest BCUT2D eigenvalue weighted by molar-refractivity contribution is -0.144. The van der Waals surface area contributed by atoms with Crippen LogP contribution < -0.4 is 0 Å². The molecule has 4 rings (SSSR count). The second-order valence-corrected chi connectivity index (χ2v) is 9.43. The standard InChI is InChI=1S/C23H25NO4S/c1-3-28-23(25)15-17-10-13-20-19-6-4-5-7-21(19)24(22(20)14-17)29(26,27)18-11-8-16(2)9-12-18/h4-9,11-12,17H,3,10,13-15H2,1-2H3. The van der Waals surface area contributed by atoms with Crippen molar-refractivity contribution in [2.75, 3.05) is 6.61 Å². The summed E-state index contributed by atoms with van der Waals surface area (Å²) in [4.78, 5) is 12.3. The maximum Gasteiger partial charge on any atom is 0.306 e. The lowest BCUT2D eigenvalue weighted by Crippen LogP contribution is -2.23. The molecule has 3 aromatic rings. The first-order valence-electron chi connectivity index (χ1n) is 10.0. The van der Waals surface area contributed by atoms with Gasteiger partial charge in [0.2, 0.25) is 0 Å². The van der Waals surface area contributed by atoms with E-state index in [0.717, 1.165) is 35.0 Å². The summed E-state index contributed by atoms with van der Waals surface area (Å²) in [5.41, 5.74) is 3.59. The van der Waals surface area contributed by atoms with Crippen molar-refractivity contribution >= 4 is 26.9 Å². The Bertz CT molecular complexity index is 1160. The fourth-order valence-electron chi connectivity index (χ4n) is 4.26. The van der Waals surface area contributed by atoms with Crippen LogP contribution in [0.1, 0.15) is 36.6 Å². The SMILES string of the molecule is CCOC(=O)CC1CCc2c(n(S(=O)(=O)c3ccc(C)cc3)c3ccccc23)C1. The Balaban J connectivity index is 1.83. The number of aryl methyl sites for hydroxylation is 2. The number of carbonyl (C=O) groups excluding carboxylic acids is 1. The predicted molar refractivity (Wildman–Crippen MR) is 112 cm³/mol. The highest BCUT2D eigenvalue weighted by Crippen LogP contribution is 2.37. The molecule has 1 atom stereocenters. The molecule has 0 bridgehead atoms. The highest BCUT2D eigenvalue weighted by molar-refractivity contribution is 7.90. The maximum absolute atomic E-state index is 13.6. The molecule has 0 amide bonds. The minimum absolute atomic E-state index is 0.0813. The zero-order chi connectivity index (χ0) is 20.6. The first-order valence-corrected chi connectivity index (χ1v) is 11.4. The largest absolute Gasteiger partial charge is 0.466 e. The van der Waals surface area contributed by atoms with Crippen LogP contribution in [0.3, 0.4) is 0 Å². The van der Waals surface area contributed by atoms with E-state index in [9.17, 15) is 13.2 Å². The maximum atomic E-state index is 13.6. The van der Waals surface area contributed by atoms with Crippen LogP contribution in [0.4, 0.5) is 0 Å². The third-order valence-corrected chi connectivity index (χ3v) is 7.41. The zero-order valence-corrected chi connectivity index (χ0v) is 17.5. The van der Waals surface area contributed by atoms with Crippen LogP contribution in [-0.2, 0) is 32.4 Å². The molecule has 5 nitrogen and oxygen atoms in total. The number of fused-ring (bicyclic) bond motifs is 3. The van der Waals surface area contributed by atoms with Gasteiger partial charge in [-0.3, -0.25) is 4.79 Å². The summed E-state index contributed by atoms with van der Waals surface area (Å²) >= 11 is 0. The first-order chi connectivity index (χ1) is 13.9. The van der Waals surface area contributed by atoms with Gasteiger partial charge < -0.3 is 4.74 Å². The average Bonchev–Trinajstić information content (AvgIpc) is 3.02. The van der Waals surface area contributed by atoms with E-state index in [2.05, 4.69) is 0 Å². The number of para-hydroxylation sites is 1. The Morgan fingerprint density at radius 1 is 1.14 bits per heavy atom. The Kier molecular flexibility index (Phi) is 5.21. The van der Waals surface area contributed by atoms with Gasteiger partial charge in [0.05, 0.1) is 17.0 Å². The van der Waals surface area contributed by atoms with Crippen LogP contribution >= 0.6 is 0 Å². The molecule has 6 heteroatoms. The number of hydrogen-bond donors (Lipinski definition) is 0. The first kappa shape index (κ1) is 19.7. The van der Waals surface area contributed by atoms with Crippen molar-refractivity contribution in [1.82, 2.24) is 3.97 Å². The Hall–Kier alpha value is -2.60. The van der Waals surface area contributed by atoms with Crippen LogP contribution in [0, 0.1) is 12.8 Å². The van der Waals surface area contributed by atoms with Crippen molar-refractivity contribution in [1.29, 1.82) is 0 Å². The molecule has 1 unspecified atom stereocenters. The number of hydrogen-bond acceptors (Lipinski definition) is 4. The molecule has 1 aromatic heterocycles. The molecular formula is C23H25NO4S. The second-order valence-electron chi connectivity index (χ2n) is 7.64. The van der Waals surface area contributed by atoms with Crippen molar-refractivity contribution in [2.45, 2.75) is 44.4 Å². The van der Waals surface area contributed by atoms with E-state index in [0.29, 0.717) is 25.0 Å². The van der Waals surface area contributed by atoms with Crippen molar-refractivity contribution in [3.05, 3.63) is 65.4 Å². The highest BCUT2D eigenvalue weighted by Gasteiger charge is 2.31. The molecule has 0 saturated carbocycles. The van der Waals surface area contributed by atoms with Crippen LogP contribution in [0.5, 0.6) is 0 Å². The number of nitrogens with zero attached hydrogens (tertiary/aromatic N) is 1. The van der Waals surface area contributed by atoms with Crippen LogP contribution in [-0.4, -0.2) is 25.0 Å². The summed E-state index contributed by atoms with van der Waals surface area (Å²) in [6.45, 7) is 4.09. The molecule has 1 aliphatic carbocycles. The molecule has 2 aromatic carbocycles. The van der Waals surface area contributed by atoms with E-state index in [1.807, 2.05) is 43.3 Å². The molecule has 29 heavy (non-hydrogen) atoms. The molecule has 0 aliphatic heterocycles. The number of aromatic nitrogens is 1. The smallest absolute Gasteiger partial charge is 0.306 e. The number of carbonyl (C=O) groups is 1. The van der Waals surface area contributed by atoms with Crippen LogP contribution in [0.15, 0.2) is 53.4 Å². The molecule has 152 valence electrons. The average molecular weight is 412 g/mol. The van der Waals surface area contributed by atoms with Crippen LogP contribution in [0.25, 0.3) is 10.9 Å². The quantitative estimate of drug-likeness (QED) is 0.589. The van der Waals surface area contributed by atoms with Gasteiger partial charge in [-0.2, -0.15) is 0 Å². The van der Waals surface area contributed by atoms with E-state index in [-0.39, 0.29) is 16.8 Å². The fraction of sp³-hybridized carbons (Fsp3) is 0.348. The van der Waals surface area contributed by atoms with Gasteiger partial charge in [0, 0.05) is 17.5 Å². The third-order valence-electron chi connectivity index (χ3n) is 5.65. The zero-order valence-electron chi connectivity index (χ0n) is 16.7. The minimum atomic E-state index is -3.74. The van der Waals surface area contributed by atoms with Gasteiger partial charge in [-0.25, -0.2) is 12.4 Å². The molecule has 0 spiro atoms.